The van der Waals surface area contributed by atoms with Crippen LogP contribution in [0.25, 0.3) is 11.2 Å². The zero-order valence-electron chi connectivity index (χ0n) is 13.4. The number of imidazole rings is 1. The van der Waals surface area contributed by atoms with Gasteiger partial charge in [0, 0.05) is 6.54 Å². The molecule has 23 heavy (non-hydrogen) atoms. The molecule has 0 spiro atoms. The lowest BCUT2D eigenvalue weighted by Crippen LogP contribution is -2.25. The average molecular weight is 312 g/mol. The van der Waals surface area contributed by atoms with E-state index in [2.05, 4.69) is 16.9 Å². The number of unbranched alkanes of at least 4 members (excludes halogenated alkanes) is 1. The monoisotopic (exact) mass is 312 g/mol. The summed E-state index contributed by atoms with van der Waals surface area (Å²) in [6, 6.07) is 9.89. The van der Waals surface area contributed by atoms with Gasteiger partial charge in [0.15, 0.2) is 11.2 Å². The van der Waals surface area contributed by atoms with Crippen molar-refractivity contribution in [2.24, 2.45) is 0 Å². The fraction of sp³-hybridized carbons (Fsp3) is 0.353. The molecule has 0 saturated heterocycles. The van der Waals surface area contributed by atoms with Crippen molar-refractivity contribution < 1.29 is 4.74 Å². The molecule has 2 aromatic heterocycles. The molecule has 0 radical (unpaired) electrons. The first-order valence-corrected chi connectivity index (χ1v) is 7.78. The van der Waals surface area contributed by atoms with Crippen LogP contribution in [0.1, 0.15) is 25.3 Å². The van der Waals surface area contributed by atoms with Crippen molar-refractivity contribution in [1.29, 1.82) is 0 Å². The van der Waals surface area contributed by atoms with Crippen molar-refractivity contribution in [1.82, 2.24) is 19.1 Å². The molecule has 0 aliphatic carbocycles. The SMILES string of the molecule is CCCCn1c(=O)n(Cc2ccccc2)c2ncnc(OC)c21. The molecule has 3 rings (SSSR count). The van der Waals surface area contributed by atoms with Gasteiger partial charge in [-0.15, -0.1) is 0 Å². The molecule has 0 N–H and O–H groups in total. The third-order valence-electron chi connectivity index (χ3n) is 3.87. The summed E-state index contributed by atoms with van der Waals surface area (Å²) in [4.78, 5) is 21.3. The summed E-state index contributed by atoms with van der Waals surface area (Å²) in [5, 5.41) is 0. The first-order valence-electron chi connectivity index (χ1n) is 7.78. The summed E-state index contributed by atoms with van der Waals surface area (Å²) in [5.74, 6) is 0.440. The lowest BCUT2D eigenvalue weighted by molar-refractivity contribution is 0.399. The van der Waals surface area contributed by atoms with E-state index in [0.29, 0.717) is 30.1 Å². The van der Waals surface area contributed by atoms with Gasteiger partial charge in [0.25, 0.3) is 0 Å². The second-order valence-corrected chi connectivity index (χ2v) is 5.41. The van der Waals surface area contributed by atoms with Crippen molar-refractivity contribution in [2.45, 2.75) is 32.9 Å². The Bertz CT molecular complexity index is 852. The fourth-order valence-electron chi connectivity index (χ4n) is 2.70. The number of methoxy groups -OCH3 is 1. The first-order chi connectivity index (χ1) is 11.3. The number of ether oxygens (including phenoxy) is 1. The largest absolute Gasteiger partial charge is 0.479 e. The van der Waals surface area contributed by atoms with Crippen molar-refractivity contribution in [3.8, 4) is 5.88 Å². The Morgan fingerprint density at radius 3 is 2.61 bits per heavy atom. The quantitative estimate of drug-likeness (QED) is 0.701. The Kier molecular flexibility index (Phi) is 4.41. The number of fused-ring (bicyclic) bond motifs is 1. The van der Waals surface area contributed by atoms with Crippen LogP contribution in [0, 0.1) is 0 Å². The first kappa shape index (κ1) is 15.3. The number of benzene rings is 1. The molecule has 6 heteroatoms. The normalized spacial score (nSPS) is 11.0. The number of aromatic nitrogens is 4. The van der Waals surface area contributed by atoms with Gasteiger partial charge in [0.05, 0.1) is 13.7 Å². The van der Waals surface area contributed by atoms with E-state index < -0.39 is 0 Å². The highest BCUT2D eigenvalue weighted by atomic mass is 16.5. The van der Waals surface area contributed by atoms with E-state index in [1.807, 2.05) is 30.3 Å². The lowest BCUT2D eigenvalue weighted by atomic mass is 10.2. The molecular weight excluding hydrogens is 292 g/mol. The zero-order valence-corrected chi connectivity index (χ0v) is 13.4. The minimum Gasteiger partial charge on any atom is -0.479 e. The van der Waals surface area contributed by atoms with Crippen LogP contribution in [0.3, 0.4) is 0 Å². The van der Waals surface area contributed by atoms with Crippen LogP contribution in [-0.2, 0) is 13.1 Å². The van der Waals surface area contributed by atoms with Gasteiger partial charge in [0.1, 0.15) is 6.33 Å². The maximum Gasteiger partial charge on any atom is 0.330 e. The van der Waals surface area contributed by atoms with Gasteiger partial charge in [0.2, 0.25) is 5.88 Å². The molecule has 0 aliphatic heterocycles. The van der Waals surface area contributed by atoms with Crippen LogP contribution < -0.4 is 10.4 Å². The Morgan fingerprint density at radius 1 is 1.13 bits per heavy atom. The highest BCUT2D eigenvalue weighted by molar-refractivity contribution is 5.77. The Hall–Kier alpha value is -2.63. The number of hydrogen-bond donors (Lipinski definition) is 0. The Balaban J connectivity index is 2.17. The van der Waals surface area contributed by atoms with Crippen molar-refractivity contribution in [2.75, 3.05) is 7.11 Å². The molecular formula is C17H20N4O2. The average Bonchev–Trinajstić information content (AvgIpc) is 2.86. The number of rotatable bonds is 6. The van der Waals surface area contributed by atoms with Crippen LogP contribution in [0.5, 0.6) is 5.88 Å². The van der Waals surface area contributed by atoms with Crippen LogP contribution in [0.2, 0.25) is 0 Å². The second-order valence-electron chi connectivity index (χ2n) is 5.41. The summed E-state index contributed by atoms with van der Waals surface area (Å²) in [5.41, 5.74) is 2.27. The number of hydrogen-bond acceptors (Lipinski definition) is 4. The minimum absolute atomic E-state index is 0.0731. The second kappa shape index (κ2) is 6.64. The van der Waals surface area contributed by atoms with E-state index in [4.69, 9.17) is 4.74 Å². The highest BCUT2D eigenvalue weighted by Crippen LogP contribution is 2.21. The molecule has 0 aliphatic rings. The molecule has 120 valence electrons. The van der Waals surface area contributed by atoms with E-state index in [1.165, 1.54) is 6.33 Å². The van der Waals surface area contributed by atoms with Crippen molar-refractivity contribution in [3.63, 3.8) is 0 Å². The van der Waals surface area contributed by atoms with Crippen LogP contribution in [-0.4, -0.2) is 26.2 Å². The van der Waals surface area contributed by atoms with Gasteiger partial charge in [-0.1, -0.05) is 43.7 Å². The molecule has 0 saturated carbocycles. The molecule has 2 heterocycles. The third kappa shape index (κ3) is 2.84. The maximum atomic E-state index is 12.9. The maximum absolute atomic E-state index is 12.9. The van der Waals surface area contributed by atoms with Gasteiger partial charge in [-0.2, -0.15) is 4.98 Å². The summed E-state index contributed by atoms with van der Waals surface area (Å²) < 4.78 is 8.75. The molecule has 1 aromatic carbocycles. The third-order valence-corrected chi connectivity index (χ3v) is 3.87. The predicted molar refractivity (Wildman–Crippen MR) is 88.8 cm³/mol. The van der Waals surface area contributed by atoms with E-state index >= 15 is 0 Å². The number of aryl methyl sites for hydroxylation is 1. The van der Waals surface area contributed by atoms with Crippen LogP contribution in [0.15, 0.2) is 41.5 Å². The highest BCUT2D eigenvalue weighted by Gasteiger charge is 2.18. The van der Waals surface area contributed by atoms with Gasteiger partial charge in [-0.05, 0) is 12.0 Å². The standard InChI is InChI=1S/C17H20N4O2/c1-3-4-10-20-14-15(18-12-19-16(14)23-2)21(17(20)22)11-13-8-6-5-7-9-13/h5-9,12H,3-4,10-11H2,1-2H3. The van der Waals surface area contributed by atoms with Crippen LogP contribution >= 0.6 is 0 Å². The van der Waals surface area contributed by atoms with Gasteiger partial charge < -0.3 is 4.74 Å². The van der Waals surface area contributed by atoms with Gasteiger partial charge in [-0.25, -0.2) is 9.78 Å². The smallest absolute Gasteiger partial charge is 0.330 e. The summed E-state index contributed by atoms with van der Waals surface area (Å²) in [6.07, 6.45) is 3.36. The molecule has 0 fully saturated rings. The summed E-state index contributed by atoms with van der Waals surface area (Å²) >= 11 is 0. The van der Waals surface area contributed by atoms with E-state index in [0.717, 1.165) is 18.4 Å². The van der Waals surface area contributed by atoms with Crippen molar-refractivity contribution >= 4 is 11.2 Å². The van der Waals surface area contributed by atoms with Crippen LogP contribution in [0.4, 0.5) is 0 Å². The minimum atomic E-state index is -0.0731. The summed E-state index contributed by atoms with van der Waals surface area (Å²) in [7, 11) is 1.56. The zero-order chi connectivity index (χ0) is 16.2. The summed E-state index contributed by atoms with van der Waals surface area (Å²) in [6.45, 7) is 3.22. The molecule has 0 bridgehead atoms. The Morgan fingerprint density at radius 2 is 1.91 bits per heavy atom. The fourth-order valence-corrected chi connectivity index (χ4v) is 2.70. The molecule has 3 aromatic rings. The van der Waals surface area contributed by atoms with Crippen molar-refractivity contribution in [3.05, 3.63) is 52.7 Å². The van der Waals surface area contributed by atoms with E-state index in [1.54, 1.807) is 16.2 Å². The van der Waals surface area contributed by atoms with E-state index in [9.17, 15) is 4.79 Å². The van der Waals surface area contributed by atoms with Gasteiger partial charge >= 0.3 is 5.69 Å². The molecule has 0 atom stereocenters. The lowest BCUT2D eigenvalue weighted by Gasteiger charge is -2.04. The van der Waals surface area contributed by atoms with Gasteiger partial charge in [-0.3, -0.25) is 9.13 Å². The number of nitrogens with zero attached hydrogens (tertiary/aromatic N) is 4. The topological polar surface area (TPSA) is 61.9 Å². The Labute approximate surface area is 134 Å². The molecule has 0 unspecified atom stereocenters. The molecule has 0 amide bonds. The molecule has 6 nitrogen and oxygen atoms in total. The van der Waals surface area contributed by atoms with E-state index in [-0.39, 0.29) is 5.69 Å². The predicted octanol–water partition coefficient (Wildman–Crippen LogP) is 2.45.